The minimum Gasteiger partial charge on any atom is -0.491 e. The standard InChI is InChI=1S/C30H38N2O4/c1-3-32(4-2)30(34)24-36-29-17-15-25(16-18-29)19-20-31(21-26-11-7-5-8-12-26)22-27(33)23-35-28-13-9-6-10-14-28/h5-18,27,33H,3-4,19-24H2,1-2H3. The topological polar surface area (TPSA) is 62.2 Å². The van der Waals surface area contributed by atoms with E-state index >= 15 is 0 Å². The third-order valence-electron chi connectivity index (χ3n) is 6.02. The lowest BCUT2D eigenvalue weighted by Gasteiger charge is -2.25. The first-order chi connectivity index (χ1) is 17.6. The van der Waals surface area contributed by atoms with E-state index in [9.17, 15) is 9.90 Å². The van der Waals surface area contributed by atoms with Crippen LogP contribution < -0.4 is 9.47 Å². The first kappa shape index (κ1) is 27.2. The van der Waals surface area contributed by atoms with Crippen LogP contribution in [0.3, 0.4) is 0 Å². The fourth-order valence-electron chi connectivity index (χ4n) is 3.99. The molecule has 3 aromatic rings. The summed E-state index contributed by atoms with van der Waals surface area (Å²) in [7, 11) is 0. The van der Waals surface area contributed by atoms with Crippen LogP contribution in [0.25, 0.3) is 0 Å². The number of hydrogen-bond acceptors (Lipinski definition) is 5. The van der Waals surface area contributed by atoms with E-state index < -0.39 is 6.10 Å². The zero-order chi connectivity index (χ0) is 25.6. The summed E-state index contributed by atoms with van der Waals surface area (Å²) in [6.07, 6.45) is 0.227. The number of amides is 1. The van der Waals surface area contributed by atoms with Gasteiger partial charge in [0.25, 0.3) is 5.91 Å². The largest absolute Gasteiger partial charge is 0.491 e. The van der Waals surface area contributed by atoms with Gasteiger partial charge in [0.1, 0.15) is 24.2 Å². The van der Waals surface area contributed by atoms with E-state index in [1.54, 1.807) is 4.90 Å². The maximum absolute atomic E-state index is 12.2. The third kappa shape index (κ3) is 9.36. The zero-order valence-electron chi connectivity index (χ0n) is 21.4. The minimum atomic E-state index is -0.604. The molecule has 1 amide bonds. The van der Waals surface area contributed by atoms with Crippen molar-refractivity contribution in [1.29, 1.82) is 0 Å². The highest BCUT2D eigenvalue weighted by Gasteiger charge is 2.14. The summed E-state index contributed by atoms with van der Waals surface area (Å²) in [4.78, 5) is 16.2. The number of ether oxygens (including phenoxy) is 2. The second-order valence-corrected chi connectivity index (χ2v) is 8.75. The van der Waals surface area contributed by atoms with Crippen LogP contribution in [0.1, 0.15) is 25.0 Å². The Balaban J connectivity index is 1.52. The quantitative estimate of drug-likeness (QED) is 0.342. The second-order valence-electron chi connectivity index (χ2n) is 8.75. The molecule has 0 bridgehead atoms. The van der Waals surface area contributed by atoms with Gasteiger partial charge in [-0.1, -0.05) is 60.7 Å². The van der Waals surface area contributed by atoms with Crippen LogP contribution in [0.5, 0.6) is 11.5 Å². The molecule has 1 unspecified atom stereocenters. The second kappa shape index (κ2) is 14.9. The van der Waals surface area contributed by atoms with Gasteiger partial charge in [0.15, 0.2) is 6.61 Å². The fourth-order valence-corrected chi connectivity index (χ4v) is 3.99. The third-order valence-corrected chi connectivity index (χ3v) is 6.02. The molecule has 36 heavy (non-hydrogen) atoms. The van der Waals surface area contributed by atoms with E-state index in [-0.39, 0.29) is 19.1 Å². The van der Waals surface area contributed by atoms with Crippen LogP contribution in [-0.4, -0.2) is 66.3 Å². The Labute approximate surface area is 215 Å². The summed E-state index contributed by atoms with van der Waals surface area (Å²) in [5, 5.41) is 10.7. The molecule has 0 heterocycles. The maximum atomic E-state index is 12.2. The Morgan fingerprint density at radius 1 is 0.806 bits per heavy atom. The molecule has 0 saturated carbocycles. The van der Waals surface area contributed by atoms with E-state index in [4.69, 9.17) is 9.47 Å². The van der Waals surface area contributed by atoms with Crippen molar-refractivity contribution in [1.82, 2.24) is 9.80 Å². The maximum Gasteiger partial charge on any atom is 0.260 e. The van der Waals surface area contributed by atoms with Crippen molar-refractivity contribution in [3.63, 3.8) is 0 Å². The molecule has 1 atom stereocenters. The zero-order valence-corrected chi connectivity index (χ0v) is 21.4. The lowest BCUT2D eigenvalue weighted by Crippen LogP contribution is -2.36. The van der Waals surface area contributed by atoms with E-state index in [1.165, 1.54) is 11.1 Å². The van der Waals surface area contributed by atoms with Gasteiger partial charge < -0.3 is 19.5 Å². The van der Waals surface area contributed by atoms with Crippen molar-refractivity contribution in [2.75, 3.05) is 39.4 Å². The summed E-state index contributed by atoms with van der Waals surface area (Å²) in [5.74, 6) is 1.44. The Morgan fingerprint density at radius 2 is 1.42 bits per heavy atom. The normalized spacial score (nSPS) is 11.8. The molecule has 0 aliphatic carbocycles. The van der Waals surface area contributed by atoms with Crippen LogP contribution in [0.2, 0.25) is 0 Å². The molecule has 1 N–H and O–H groups in total. The number of aliphatic hydroxyl groups is 1. The average molecular weight is 491 g/mol. The number of carbonyl (C=O) groups is 1. The fraction of sp³-hybridized carbons (Fsp3) is 0.367. The Bertz CT molecular complexity index is 1010. The average Bonchev–Trinajstić information content (AvgIpc) is 2.92. The summed E-state index contributed by atoms with van der Waals surface area (Å²) < 4.78 is 11.4. The summed E-state index contributed by atoms with van der Waals surface area (Å²) >= 11 is 0. The summed E-state index contributed by atoms with van der Waals surface area (Å²) in [6, 6.07) is 27.7. The first-order valence-electron chi connectivity index (χ1n) is 12.7. The van der Waals surface area contributed by atoms with Crippen molar-refractivity contribution in [2.24, 2.45) is 0 Å². The van der Waals surface area contributed by atoms with Crippen LogP contribution in [0.15, 0.2) is 84.9 Å². The Kier molecular flexibility index (Phi) is 11.3. The number of likely N-dealkylation sites (N-methyl/N-ethyl adjacent to an activating group) is 1. The minimum absolute atomic E-state index is 0.00423. The van der Waals surface area contributed by atoms with Crippen LogP contribution in [0, 0.1) is 0 Å². The van der Waals surface area contributed by atoms with Crippen LogP contribution >= 0.6 is 0 Å². The summed E-state index contributed by atoms with van der Waals surface area (Å²) in [5.41, 5.74) is 2.38. The van der Waals surface area contributed by atoms with Gasteiger partial charge in [-0.25, -0.2) is 0 Å². The molecule has 0 spiro atoms. The lowest BCUT2D eigenvalue weighted by atomic mass is 10.1. The number of benzene rings is 3. The molecule has 0 radical (unpaired) electrons. The molecule has 6 nitrogen and oxygen atoms in total. The van der Waals surface area contributed by atoms with E-state index in [0.717, 1.165) is 25.3 Å². The van der Waals surface area contributed by atoms with Gasteiger partial charge in [0.2, 0.25) is 0 Å². The van der Waals surface area contributed by atoms with Gasteiger partial charge in [0.05, 0.1) is 0 Å². The van der Waals surface area contributed by atoms with Crippen LogP contribution in [0.4, 0.5) is 0 Å². The SMILES string of the molecule is CCN(CC)C(=O)COc1ccc(CCN(Cc2ccccc2)CC(O)COc2ccccc2)cc1. The molecule has 0 aliphatic heterocycles. The predicted molar refractivity (Wildman–Crippen MR) is 143 cm³/mol. The molecule has 0 aliphatic rings. The number of nitrogens with zero attached hydrogens (tertiary/aromatic N) is 2. The van der Waals surface area contributed by atoms with Crippen molar-refractivity contribution in [2.45, 2.75) is 32.9 Å². The van der Waals surface area contributed by atoms with Gasteiger partial charge in [0, 0.05) is 32.7 Å². The number of para-hydroxylation sites is 1. The highest BCUT2D eigenvalue weighted by molar-refractivity contribution is 5.77. The highest BCUT2D eigenvalue weighted by atomic mass is 16.5. The van der Waals surface area contributed by atoms with Gasteiger partial charge >= 0.3 is 0 Å². The highest BCUT2D eigenvalue weighted by Crippen LogP contribution is 2.15. The molecule has 3 rings (SSSR count). The number of hydrogen-bond donors (Lipinski definition) is 1. The number of rotatable bonds is 15. The summed E-state index contributed by atoms with van der Waals surface area (Å²) in [6.45, 7) is 7.64. The molecule has 6 heteroatoms. The van der Waals surface area contributed by atoms with E-state index in [2.05, 4.69) is 17.0 Å². The molecule has 0 fully saturated rings. The smallest absolute Gasteiger partial charge is 0.260 e. The lowest BCUT2D eigenvalue weighted by molar-refractivity contribution is -0.132. The molecular formula is C30H38N2O4. The number of aliphatic hydroxyl groups excluding tert-OH is 1. The predicted octanol–water partition coefficient (Wildman–Crippen LogP) is 4.42. The molecule has 192 valence electrons. The van der Waals surface area contributed by atoms with Crippen LogP contribution in [-0.2, 0) is 17.8 Å². The number of carbonyl (C=O) groups excluding carboxylic acids is 1. The molecule has 0 saturated heterocycles. The molecule has 3 aromatic carbocycles. The first-order valence-corrected chi connectivity index (χ1v) is 12.7. The van der Waals surface area contributed by atoms with Crippen molar-refractivity contribution in [3.8, 4) is 11.5 Å². The van der Waals surface area contributed by atoms with E-state index in [1.807, 2.05) is 86.6 Å². The van der Waals surface area contributed by atoms with Gasteiger partial charge in [-0.15, -0.1) is 0 Å². The van der Waals surface area contributed by atoms with Crippen molar-refractivity contribution >= 4 is 5.91 Å². The van der Waals surface area contributed by atoms with Gasteiger partial charge in [-0.2, -0.15) is 0 Å². The van der Waals surface area contributed by atoms with Crippen molar-refractivity contribution < 1.29 is 19.4 Å². The molecular weight excluding hydrogens is 452 g/mol. The van der Waals surface area contributed by atoms with Gasteiger partial charge in [-0.3, -0.25) is 9.69 Å². The van der Waals surface area contributed by atoms with Gasteiger partial charge in [-0.05, 0) is 55.7 Å². The van der Waals surface area contributed by atoms with E-state index in [0.29, 0.717) is 25.4 Å². The Hall–Kier alpha value is -3.35. The van der Waals surface area contributed by atoms with Crippen molar-refractivity contribution in [3.05, 3.63) is 96.1 Å². The molecule has 0 aromatic heterocycles. The Morgan fingerprint density at radius 3 is 2.06 bits per heavy atom. The monoisotopic (exact) mass is 490 g/mol.